The third kappa shape index (κ3) is 3.19. The topological polar surface area (TPSA) is 92.5 Å². The van der Waals surface area contributed by atoms with Crippen LogP contribution in [0.25, 0.3) is 0 Å². The molecule has 19 heavy (non-hydrogen) atoms. The summed E-state index contributed by atoms with van der Waals surface area (Å²) in [5.74, 6) is 0.0350. The number of nitrogens with zero attached hydrogens (tertiary/aromatic N) is 1. The number of benzene rings is 2. The van der Waals surface area contributed by atoms with Gasteiger partial charge in [-0.15, -0.1) is 0 Å². The first kappa shape index (κ1) is 13.3. The van der Waals surface area contributed by atoms with E-state index in [1.54, 1.807) is 18.2 Å². The average Bonchev–Trinajstić information content (AvgIpc) is 2.40. The van der Waals surface area contributed by atoms with Crippen molar-refractivity contribution in [3.05, 3.63) is 64.7 Å². The molecule has 1 unspecified atom stereocenters. The van der Waals surface area contributed by atoms with Crippen LogP contribution in [0.4, 0.5) is 5.69 Å². The molecule has 0 aliphatic heterocycles. The van der Waals surface area contributed by atoms with Crippen LogP contribution >= 0.6 is 7.60 Å². The second kappa shape index (κ2) is 5.22. The van der Waals surface area contributed by atoms with Gasteiger partial charge in [-0.3, -0.25) is 14.7 Å². The number of hydrogen-bond donors (Lipinski definition) is 0. The Labute approximate surface area is 109 Å². The minimum absolute atomic E-state index is 0.0350. The molecule has 0 fully saturated rings. The summed E-state index contributed by atoms with van der Waals surface area (Å²) in [4.78, 5) is 21.8. The zero-order chi connectivity index (χ0) is 13.9. The lowest BCUT2D eigenvalue weighted by Gasteiger charge is -2.24. The van der Waals surface area contributed by atoms with Crippen molar-refractivity contribution < 1.29 is 18.9 Å². The van der Waals surface area contributed by atoms with Gasteiger partial charge in [0.25, 0.3) is 5.69 Å². The molecule has 0 spiro atoms. The van der Waals surface area contributed by atoms with Gasteiger partial charge in [0.1, 0.15) is 5.75 Å². The molecule has 0 saturated carbocycles. The predicted octanol–water partition coefficient (Wildman–Crippen LogP) is 1.85. The second-order valence-corrected chi connectivity index (χ2v) is 5.37. The molecular formula is C12H9NO5P-. The Morgan fingerprint density at radius 2 is 1.58 bits per heavy atom. The number of nitro benzene ring substituents is 1. The fourth-order valence-corrected chi connectivity index (χ4v) is 2.47. The maximum absolute atomic E-state index is 11.9. The second-order valence-electron chi connectivity index (χ2n) is 3.68. The predicted molar refractivity (Wildman–Crippen MR) is 67.4 cm³/mol. The maximum atomic E-state index is 11.9. The molecule has 2 aromatic rings. The average molecular weight is 278 g/mol. The molecule has 98 valence electrons. The summed E-state index contributed by atoms with van der Waals surface area (Å²) >= 11 is 0. The van der Waals surface area contributed by atoms with Gasteiger partial charge in [0, 0.05) is 17.4 Å². The smallest absolute Gasteiger partial charge is 0.269 e. The Kier molecular flexibility index (Phi) is 3.64. The van der Waals surface area contributed by atoms with Crippen molar-refractivity contribution >= 4 is 18.6 Å². The summed E-state index contributed by atoms with van der Waals surface area (Å²) in [7, 11) is -4.23. The fraction of sp³-hybridized carbons (Fsp3) is 0. The summed E-state index contributed by atoms with van der Waals surface area (Å²) in [6.07, 6.45) is 0. The Morgan fingerprint density at radius 3 is 2.11 bits per heavy atom. The van der Waals surface area contributed by atoms with Gasteiger partial charge in [-0.1, -0.05) is 18.2 Å². The van der Waals surface area contributed by atoms with Gasteiger partial charge in [0.15, 0.2) is 0 Å². The van der Waals surface area contributed by atoms with E-state index in [0.29, 0.717) is 0 Å². The lowest BCUT2D eigenvalue weighted by Crippen LogP contribution is -2.19. The molecule has 0 bridgehead atoms. The normalized spacial score (nSPS) is 13.5. The first-order valence-electron chi connectivity index (χ1n) is 5.30. The van der Waals surface area contributed by atoms with Crippen LogP contribution in [0.2, 0.25) is 0 Å². The number of hydrogen-bond acceptors (Lipinski definition) is 5. The van der Waals surface area contributed by atoms with Crippen molar-refractivity contribution in [2.24, 2.45) is 0 Å². The monoisotopic (exact) mass is 278 g/mol. The van der Waals surface area contributed by atoms with Crippen LogP contribution in [0.1, 0.15) is 0 Å². The molecule has 0 amide bonds. The molecule has 0 aliphatic carbocycles. The molecule has 0 radical (unpaired) electrons. The largest absolute Gasteiger partial charge is 0.765 e. The highest BCUT2D eigenvalue weighted by Crippen LogP contribution is 2.37. The van der Waals surface area contributed by atoms with Gasteiger partial charge in [-0.25, -0.2) is 0 Å². The van der Waals surface area contributed by atoms with E-state index in [1.165, 1.54) is 36.4 Å². The zero-order valence-electron chi connectivity index (χ0n) is 9.63. The van der Waals surface area contributed by atoms with Crippen molar-refractivity contribution in [1.29, 1.82) is 0 Å². The van der Waals surface area contributed by atoms with Gasteiger partial charge < -0.3 is 9.42 Å². The molecule has 0 N–H and O–H groups in total. The van der Waals surface area contributed by atoms with Crippen molar-refractivity contribution in [3.8, 4) is 5.75 Å². The molecule has 2 rings (SSSR count). The standard InChI is InChI=1S/C12H10NO5P/c14-13(15)10-6-8-11(9-7-10)18-19(16,17)12-4-2-1-3-5-12/h1-9H,(H,16,17)/p-1. The lowest BCUT2D eigenvalue weighted by molar-refractivity contribution is -0.384. The van der Waals surface area contributed by atoms with Crippen molar-refractivity contribution in [3.63, 3.8) is 0 Å². The van der Waals surface area contributed by atoms with Gasteiger partial charge in [0.2, 0.25) is 7.60 Å². The van der Waals surface area contributed by atoms with E-state index in [4.69, 9.17) is 4.52 Å². The highest BCUT2D eigenvalue weighted by atomic mass is 31.2. The van der Waals surface area contributed by atoms with E-state index in [-0.39, 0.29) is 16.7 Å². The first-order chi connectivity index (χ1) is 8.99. The van der Waals surface area contributed by atoms with Crippen LogP contribution in [0.5, 0.6) is 5.75 Å². The lowest BCUT2D eigenvalue weighted by atomic mass is 10.3. The Bertz CT molecular complexity index is 626. The highest BCUT2D eigenvalue weighted by molar-refractivity contribution is 7.60. The number of rotatable bonds is 4. The van der Waals surface area contributed by atoms with E-state index in [1.807, 2.05) is 0 Å². The Hall–Kier alpha value is -2.17. The molecule has 2 aromatic carbocycles. The quantitative estimate of drug-likeness (QED) is 0.483. The van der Waals surface area contributed by atoms with Gasteiger partial charge in [0.05, 0.1) is 4.92 Å². The minimum Gasteiger partial charge on any atom is -0.765 e. The van der Waals surface area contributed by atoms with Crippen LogP contribution in [0.3, 0.4) is 0 Å². The van der Waals surface area contributed by atoms with Crippen LogP contribution < -0.4 is 14.7 Å². The fourth-order valence-electron chi connectivity index (χ4n) is 1.43. The van der Waals surface area contributed by atoms with E-state index in [0.717, 1.165) is 0 Å². The van der Waals surface area contributed by atoms with Gasteiger partial charge in [-0.2, -0.15) is 0 Å². The molecule has 0 aromatic heterocycles. The molecule has 6 nitrogen and oxygen atoms in total. The van der Waals surface area contributed by atoms with E-state index in [2.05, 4.69) is 0 Å². The number of nitro groups is 1. The molecule has 0 aliphatic rings. The Morgan fingerprint density at radius 1 is 1.00 bits per heavy atom. The van der Waals surface area contributed by atoms with E-state index < -0.39 is 12.5 Å². The van der Waals surface area contributed by atoms with Gasteiger partial charge in [-0.05, 0) is 24.3 Å². The van der Waals surface area contributed by atoms with Crippen LogP contribution in [0.15, 0.2) is 54.6 Å². The van der Waals surface area contributed by atoms with E-state index in [9.17, 15) is 19.6 Å². The first-order valence-corrected chi connectivity index (χ1v) is 6.84. The van der Waals surface area contributed by atoms with Crippen molar-refractivity contribution in [2.45, 2.75) is 0 Å². The highest BCUT2D eigenvalue weighted by Gasteiger charge is 2.14. The summed E-state index contributed by atoms with van der Waals surface area (Å²) in [5, 5.41) is 10.5. The number of non-ortho nitro benzene ring substituents is 1. The molecule has 0 heterocycles. The molecule has 0 saturated heterocycles. The van der Waals surface area contributed by atoms with Crippen LogP contribution in [-0.4, -0.2) is 4.92 Å². The summed E-state index contributed by atoms with van der Waals surface area (Å²) in [6, 6.07) is 12.5. The van der Waals surface area contributed by atoms with E-state index >= 15 is 0 Å². The van der Waals surface area contributed by atoms with Gasteiger partial charge >= 0.3 is 0 Å². The molecule has 1 atom stereocenters. The van der Waals surface area contributed by atoms with Crippen molar-refractivity contribution in [1.82, 2.24) is 0 Å². The van der Waals surface area contributed by atoms with Crippen LogP contribution in [0, 0.1) is 10.1 Å². The van der Waals surface area contributed by atoms with Crippen LogP contribution in [-0.2, 0) is 4.57 Å². The summed E-state index contributed by atoms with van der Waals surface area (Å²) < 4.78 is 16.8. The Balaban J connectivity index is 2.21. The van der Waals surface area contributed by atoms with Crippen molar-refractivity contribution in [2.75, 3.05) is 0 Å². The minimum atomic E-state index is -4.23. The maximum Gasteiger partial charge on any atom is 0.269 e. The summed E-state index contributed by atoms with van der Waals surface area (Å²) in [5.41, 5.74) is -0.132. The molecular weight excluding hydrogens is 269 g/mol. The SMILES string of the molecule is O=[N+]([O-])c1ccc(OP(=O)([O-])c2ccccc2)cc1. The third-order valence-corrected chi connectivity index (χ3v) is 3.73. The zero-order valence-corrected chi connectivity index (χ0v) is 10.5. The summed E-state index contributed by atoms with van der Waals surface area (Å²) in [6.45, 7) is 0. The molecule has 7 heteroatoms. The third-order valence-electron chi connectivity index (χ3n) is 2.35.